The Morgan fingerprint density at radius 1 is 1.23 bits per heavy atom. The van der Waals surface area contributed by atoms with Gasteiger partial charge >= 0.3 is 0 Å². The highest BCUT2D eigenvalue weighted by molar-refractivity contribution is 5.85. The largest absolute Gasteiger partial charge is 0.496 e. The second-order valence-corrected chi connectivity index (χ2v) is 4.82. The minimum Gasteiger partial charge on any atom is -0.496 e. The van der Waals surface area contributed by atoms with Crippen LogP contribution in [0.1, 0.15) is 5.56 Å². The molecular weight excluding hydrogens is 305 g/mol. The van der Waals surface area contributed by atoms with Gasteiger partial charge in [0, 0.05) is 23.2 Å². The van der Waals surface area contributed by atoms with Crippen molar-refractivity contribution in [3.63, 3.8) is 0 Å². The molecule has 2 aromatic rings. The molecule has 0 saturated carbocycles. The Labute approximate surface area is 135 Å². The van der Waals surface area contributed by atoms with Crippen molar-refractivity contribution in [1.29, 1.82) is 0 Å². The molecule has 0 spiro atoms. The average molecular weight is 322 g/mol. The number of para-hydroxylation sites is 1. The Hall–Kier alpha value is -2.04. The fraction of sp³-hybridized carbons (Fsp3) is 0.176. The maximum atomic E-state index is 13.9. The molecule has 0 bridgehead atoms. The van der Waals surface area contributed by atoms with Gasteiger partial charge in [-0.2, -0.15) is 0 Å². The van der Waals surface area contributed by atoms with Crippen molar-refractivity contribution in [2.75, 3.05) is 13.7 Å². The van der Waals surface area contributed by atoms with Gasteiger partial charge in [-0.1, -0.05) is 24.3 Å². The van der Waals surface area contributed by atoms with Gasteiger partial charge in [-0.3, -0.25) is 0 Å². The van der Waals surface area contributed by atoms with Crippen molar-refractivity contribution >= 4 is 18.5 Å². The Bertz CT molecular complexity index is 703. The van der Waals surface area contributed by atoms with Crippen LogP contribution < -0.4 is 15.2 Å². The molecule has 5 heteroatoms. The predicted molar refractivity (Wildman–Crippen MR) is 88.1 cm³/mol. The zero-order valence-corrected chi connectivity index (χ0v) is 12.9. The third kappa shape index (κ3) is 2.93. The molecule has 1 aliphatic rings. The van der Waals surface area contributed by atoms with Crippen molar-refractivity contribution < 1.29 is 13.9 Å². The van der Waals surface area contributed by atoms with Crippen molar-refractivity contribution in [3.05, 3.63) is 53.9 Å². The van der Waals surface area contributed by atoms with E-state index in [-0.39, 0.29) is 24.3 Å². The van der Waals surface area contributed by atoms with E-state index in [9.17, 15) is 4.39 Å². The van der Waals surface area contributed by atoms with Gasteiger partial charge in [-0.15, -0.1) is 12.4 Å². The lowest BCUT2D eigenvalue weighted by Crippen LogP contribution is -2.26. The van der Waals surface area contributed by atoms with Crippen molar-refractivity contribution in [2.24, 2.45) is 5.73 Å². The number of hydrogen-bond donors (Lipinski definition) is 1. The molecule has 2 aromatic carbocycles. The van der Waals surface area contributed by atoms with E-state index in [1.807, 2.05) is 36.4 Å². The van der Waals surface area contributed by atoms with Crippen LogP contribution in [0.2, 0.25) is 0 Å². The Kier molecular flexibility index (Phi) is 5.06. The number of methoxy groups -OCH3 is 1. The van der Waals surface area contributed by atoms with Gasteiger partial charge in [0.05, 0.1) is 7.11 Å². The van der Waals surface area contributed by atoms with E-state index < -0.39 is 0 Å². The standard InChI is InChI=1S/C17H16FNO2.ClH/c1-20-16-5-3-2-4-14(16)15-9-12(18)8-11-6-7-13(10-19)21-17(11)15;/h2-9,13H,10,19H2,1H3;1H/t13-;/m1./s1. The van der Waals surface area contributed by atoms with Crippen LogP contribution in [0.3, 0.4) is 0 Å². The van der Waals surface area contributed by atoms with Gasteiger partial charge in [-0.05, 0) is 24.3 Å². The first-order chi connectivity index (χ1) is 10.2. The van der Waals surface area contributed by atoms with E-state index in [1.165, 1.54) is 12.1 Å². The van der Waals surface area contributed by atoms with Crippen LogP contribution in [-0.4, -0.2) is 19.8 Å². The summed E-state index contributed by atoms with van der Waals surface area (Å²) in [5, 5.41) is 0. The SMILES string of the molecule is COc1ccccc1-c1cc(F)cc2c1O[C@@H](CN)C=C2.Cl. The lowest BCUT2D eigenvalue weighted by atomic mass is 9.98. The summed E-state index contributed by atoms with van der Waals surface area (Å²) in [6.07, 6.45) is 3.49. The monoisotopic (exact) mass is 321 g/mol. The average Bonchev–Trinajstić information content (AvgIpc) is 2.53. The van der Waals surface area contributed by atoms with Crippen molar-refractivity contribution in [2.45, 2.75) is 6.10 Å². The molecule has 2 N–H and O–H groups in total. The highest BCUT2D eigenvalue weighted by Crippen LogP contribution is 2.41. The summed E-state index contributed by atoms with van der Waals surface area (Å²) in [4.78, 5) is 0. The summed E-state index contributed by atoms with van der Waals surface area (Å²) in [5.74, 6) is 1.00. The molecule has 3 rings (SSSR count). The summed E-state index contributed by atoms with van der Waals surface area (Å²) in [6.45, 7) is 0.374. The number of rotatable bonds is 3. The topological polar surface area (TPSA) is 44.5 Å². The molecular formula is C17H17ClFNO2. The van der Waals surface area contributed by atoms with Gasteiger partial charge in [0.25, 0.3) is 0 Å². The Morgan fingerprint density at radius 2 is 2.00 bits per heavy atom. The molecule has 116 valence electrons. The number of hydrogen-bond acceptors (Lipinski definition) is 3. The molecule has 0 aliphatic carbocycles. The van der Waals surface area contributed by atoms with E-state index in [2.05, 4.69) is 0 Å². The summed E-state index contributed by atoms with van der Waals surface area (Å²) in [5.41, 5.74) is 7.83. The molecule has 0 unspecified atom stereocenters. The van der Waals surface area contributed by atoms with Gasteiger partial charge in [0.2, 0.25) is 0 Å². The fourth-order valence-corrected chi connectivity index (χ4v) is 2.47. The molecule has 1 aliphatic heterocycles. The lowest BCUT2D eigenvalue weighted by molar-refractivity contribution is 0.254. The van der Waals surface area contributed by atoms with E-state index in [0.29, 0.717) is 29.2 Å². The molecule has 1 heterocycles. The summed E-state index contributed by atoms with van der Waals surface area (Å²) in [6, 6.07) is 10.4. The number of halogens is 2. The molecule has 0 fully saturated rings. The van der Waals surface area contributed by atoms with Crippen molar-refractivity contribution in [1.82, 2.24) is 0 Å². The Balaban J connectivity index is 0.00000176. The zero-order chi connectivity index (χ0) is 14.8. The molecule has 22 heavy (non-hydrogen) atoms. The van der Waals surface area contributed by atoms with Crippen LogP contribution in [0.5, 0.6) is 11.5 Å². The summed E-state index contributed by atoms with van der Waals surface area (Å²) in [7, 11) is 1.59. The number of nitrogens with two attached hydrogens (primary N) is 1. The van der Waals surface area contributed by atoms with Crippen LogP contribution in [-0.2, 0) is 0 Å². The van der Waals surface area contributed by atoms with Gasteiger partial charge in [0.1, 0.15) is 23.4 Å². The summed E-state index contributed by atoms with van der Waals surface area (Å²) >= 11 is 0. The second-order valence-electron chi connectivity index (χ2n) is 4.82. The Morgan fingerprint density at radius 3 is 2.73 bits per heavy atom. The number of ether oxygens (including phenoxy) is 2. The van der Waals surface area contributed by atoms with Crippen molar-refractivity contribution in [3.8, 4) is 22.6 Å². The molecule has 0 aromatic heterocycles. The molecule has 0 radical (unpaired) electrons. The minimum atomic E-state index is -0.311. The van der Waals surface area contributed by atoms with Crippen LogP contribution in [0, 0.1) is 5.82 Å². The molecule has 0 amide bonds. The number of fused-ring (bicyclic) bond motifs is 1. The van der Waals surface area contributed by atoms with E-state index in [0.717, 1.165) is 5.56 Å². The maximum Gasteiger partial charge on any atom is 0.135 e. The number of benzene rings is 2. The highest BCUT2D eigenvalue weighted by atomic mass is 35.5. The third-order valence-corrected chi connectivity index (χ3v) is 3.47. The normalized spacial score (nSPS) is 15.5. The van der Waals surface area contributed by atoms with Gasteiger partial charge < -0.3 is 15.2 Å². The van der Waals surface area contributed by atoms with E-state index in [1.54, 1.807) is 7.11 Å². The second kappa shape index (κ2) is 6.81. The smallest absolute Gasteiger partial charge is 0.135 e. The summed E-state index contributed by atoms with van der Waals surface area (Å²) < 4.78 is 25.2. The minimum absolute atomic E-state index is 0. The van der Waals surface area contributed by atoms with Crippen LogP contribution in [0.4, 0.5) is 4.39 Å². The highest BCUT2D eigenvalue weighted by Gasteiger charge is 2.21. The van der Waals surface area contributed by atoms with Gasteiger partial charge in [0.15, 0.2) is 0 Å². The first-order valence-electron chi connectivity index (χ1n) is 6.75. The maximum absolute atomic E-state index is 13.9. The predicted octanol–water partition coefficient (Wildman–Crippen LogP) is 3.66. The lowest BCUT2D eigenvalue weighted by Gasteiger charge is -2.23. The van der Waals surface area contributed by atoms with Crippen LogP contribution in [0.25, 0.3) is 17.2 Å². The molecule has 3 nitrogen and oxygen atoms in total. The van der Waals surface area contributed by atoms with E-state index in [4.69, 9.17) is 15.2 Å². The first kappa shape index (κ1) is 16.3. The fourth-order valence-electron chi connectivity index (χ4n) is 2.47. The zero-order valence-electron chi connectivity index (χ0n) is 12.1. The molecule has 0 saturated heterocycles. The van der Waals surface area contributed by atoms with Gasteiger partial charge in [-0.25, -0.2) is 4.39 Å². The van der Waals surface area contributed by atoms with Crippen LogP contribution in [0.15, 0.2) is 42.5 Å². The first-order valence-corrected chi connectivity index (χ1v) is 6.75. The molecule has 1 atom stereocenters. The third-order valence-electron chi connectivity index (χ3n) is 3.47. The van der Waals surface area contributed by atoms with Crippen LogP contribution >= 0.6 is 12.4 Å². The quantitative estimate of drug-likeness (QED) is 0.938. The van der Waals surface area contributed by atoms with E-state index >= 15 is 0 Å².